The van der Waals surface area contributed by atoms with Gasteiger partial charge in [0.2, 0.25) is 0 Å². The Bertz CT molecular complexity index is 207. The summed E-state index contributed by atoms with van der Waals surface area (Å²) < 4.78 is 0. The van der Waals surface area contributed by atoms with Crippen molar-refractivity contribution in [2.24, 2.45) is 11.3 Å². The standard InChI is InChI=1S/C13H28N2/c1-10(2)12(3,4)9-14-11-7-13(5,6)15-8-11/h10-11,14-15H,7-9H2,1-6H3. The molecule has 0 bridgehead atoms. The second kappa shape index (κ2) is 4.42. The molecule has 1 fully saturated rings. The molecule has 1 unspecified atom stereocenters. The van der Waals surface area contributed by atoms with Gasteiger partial charge < -0.3 is 10.6 Å². The van der Waals surface area contributed by atoms with E-state index in [-0.39, 0.29) is 0 Å². The summed E-state index contributed by atoms with van der Waals surface area (Å²) in [6.07, 6.45) is 1.24. The molecular formula is C13H28N2. The van der Waals surface area contributed by atoms with E-state index in [9.17, 15) is 0 Å². The molecule has 0 aromatic heterocycles. The molecule has 0 saturated carbocycles. The van der Waals surface area contributed by atoms with E-state index in [0.717, 1.165) is 19.0 Å². The monoisotopic (exact) mass is 212 g/mol. The van der Waals surface area contributed by atoms with Crippen LogP contribution in [-0.4, -0.2) is 24.7 Å². The Balaban J connectivity index is 2.33. The molecule has 1 aliphatic heterocycles. The minimum absolute atomic E-state index is 0.319. The molecule has 15 heavy (non-hydrogen) atoms. The highest BCUT2D eigenvalue weighted by Crippen LogP contribution is 2.26. The predicted molar refractivity (Wildman–Crippen MR) is 67.1 cm³/mol. The van der Waals surface area contributed by atoms with E-state index < -0.39 is 0 Å². The van der Waals surface area contributed by atoms with Gasteiger partial charge in [0, 0.05) is 24.7 Å². The number of rotatable bonds is 4. The van der Waals surface area contributed by atoms with Gasteiger partial charge >= 0.3 is 0 Å². The van der Waals surface area contributed by atoms with Crippen molar-refractivity contribution in [2.75, 3.05) is 13.1 Å². The highest BCUT2D eigenvalue weighted by molar-refractivity contribution is 4.93. The van der Waals surface area contributed by atoms with Gasteiger partial charge in [-0.15, -0.1) is 0 Å². The normalized spacial score (nSPS) is 26.2. The second-order valence-electron chi connectivity index (χ2n) is 6.69. The molecule has 90 valence electrons. The Labute approximate surface area is 95.2 Å². The average molecular weight is 212 g/mol. The van der Waals surface area contributed by atoms with Crippen LogP contribution >= 0.6 is 0 Å². The summed E-state index contributed by atoms with van der Waals surface area (Å²) in [6, 6.07) is 0.651. The lowest BCUT2D eigenvalue weighted by Crippen LogP contribution is -2.40. The lowest BCUT2D eigenvalue weighted by Gasteiger charge is -2.31. The lowest BCUT2D eigenvalue weighted by molar-refractivity contribution is 0.229. The lowest BCUT2D eigenvalue weighted by atomic mass is 9.81. The van der Waals surface area contributed by atoms with Gasteiger partial charge in [-0.25, -0.2) is 0 Å². The largest absolute Gasteiger partial charge is 0.312 e. The zero-order valence-corrected chi connectivity index (χ0v) is 11.3. The Morgan fingerprint density at radius 1 is 1.40 bits per heavy atom. The van der Waals surface area contributed by atoms with E-state index in [1.165, 1.54) is 6.42 Å². The first-order valence-electron chi connectivity index (χ1n) is 6.21. The van der Waals surface area contributed by atoms with Crippen molar-refractivity contribution >= 4 is 0 Å². The van der Waals surface area contributed by atoms with Crippen molar-refractivity contribution in [3.05, 3.63) is 0 Å². The molecule has 1 saturated heterocycles. The van der Waals surface area contributed by atoms with Crippen LogP contribution in [-0.2, 0) is 0 Å². The van der Waals surface area contributed by atoms with Crippen LogP contribution in [0.1, 0.15) is 48.0 Å². The van der Waals surface area contributed by atoms with Crippen molar-refractivity contribution in [1.29, 1.82) is 0 Å². The molecule has 2 nitrogen and oxygen atoms in total. The molecule has 0 aromatic carbocycles. The van der Waals surface area contributed by atoms with Gasteiger partial charge in [-0.05, 0) is 31.6 Å². The third kappa shape index (κ3) is 3.76. The van der Waals surface area contributed by atoms with Crippen LogP contribution in [0.25, 0.3) is 0 Å². The molecule has 0 radical (unpaired) electrons. The van der Waals surface area contributed by atoms with Crippen LogP contribution in [0.5, 0.6) is 0 Å². The molecule has 1 aliphatic rings. The van der Waals surface area contributed by atoms with Crippen molar-refractivity contribution < 1.29 is 0 Å². The van der Waals surface area contributed by atoms with Crippen LogP contribution in [0.3, 0.4) is 0 Å². The van der Waals surface area contributed by atoms with Gasteiger partial charge in [-0.1, -0.05) is 27.7 Å². The zero-order chi connectivity index (χ0) is 11.7. The third-order valence-corrected chi connectivity index (χ3v) is 3.99. The first-order chi connectivity index (χ1) is 6.73. The Kier molecular flexibility index (Phi) is 3.83. The topological polar surface area (TPSA) is 24.1 Å². The highest BCUT2D eigenvalue weighted by atomic mass is 15.1. The van der Waals surface area contributed by atoms with Gasteiger partial charge in [0.05, 0.1) is 0 Å². The molecule has 0 spiro atoms. The number of nitrogens with one attached hydrogen (secondary N) is 2. The summed E-state index contributed by atoms with van der Waals surface area (Å²) in [6.45, 7) is 16.1. The maximum absolute atomic E-state index is 3.70. The minimum atomic E-state index is 0.319. The van der Waals surface area contributed by atoms with Gasteiger partial charge in [0.1, 0.15) is 0 Å². The number of hydrogen-bond acceptors (Lipinski definition) is 2. The fourth-order valence-corrected chi connectivity index (χ4v) is 1.92. The van der Waals surface area contributed by atoms with Crippen LogP contribution in [0.4, 0.5) is 0 Å². The van der Waals surface area contributed by atoms with Crippen LogP contribution in [0, 0.1) is 11.3 Å². The van der Waals surface area contributed by atoms with Gasteiger partial charge in [0.15, 0.2) is 0 Å². The van der Waals surface area contributed by atoms with Gasteiger partial charge in [-0.2, -0.15) is 0 Å². The molecule has 0 aliphatic carbocycles. The van der Waals surface area contributed by atoms with E-state index in [1.807, 2.05) is 0 Å². The Morgan fingerprint density at radius 3 is 2.40 bits per heavy atom. The van der Waals surface area contributed by atoms with Crippen molar-refractivity contribution in [2.45, 2.75) is 59.5 Å². The molecular weight excluding hydrogens is 184 g/mol. The number of hydrogen-bond donors (Lipinski definition) is 2. The summed E-state index contributed by atoms with van der Waals surface area (Å²) in [5, 5.41) is 7.25. The van der Waals surface area contributed by atoms with E-state index in [0.29, 0.717) is 17.0 Å². The minimum Gasteiger partial charge on any atom is -0.312 e. The van der Waals surface area contributed by atoms with E-state index in [4.69, 9.17) is 0 Å². The van der Waals surface area contributed by atoms with Crippen molar-refractivity contribution in [3.8, 4) is 0 Å². The van der Waals surface area contributed by atoms with Crippen molar-refractivity contribution in [3.63, 3.8) is 0 Å². The molecule has 2 heteroatoms. The quantitative estimate of drug-likeness (QED) is 0.748. The summed E-state index contributed by atoms with van der Waals surface area (Å²) >= 11 is 0. The molecule has 1 atom stereocenters. The fraction of sp³-hybridized carbons (Fsp3) is 1.00. The van der Waals surface area contributed by atoms with Gasteiger partial charge in [0.25, 0.3) is 0 Å². The summed E-state index contributed by atoms with van der Waals surface area (Å²) in [4.78, 5) is 0. The maximum Gasteiger partial charge on any atom is 0.0210 e. The van der Waals surface area contributed by atoms with Crippen LogP contribution < -0.4 is 10.6 Å². The van der Waals surface area contributed by atoms with E-state index >= 15 is 0 Å². The zero-order valence-electron chi connectivity index (χ0n) is 11.3. The van der Waals surface area contributed by atoms with E-state index in [1.54, 1.807) is 0 Å². The highest BCUT2D eigenvalue weighted by Gasteiger charge is 2.31. The fourth-order valence-electron chi connectivity index (χ4n) is 1.92. The molecule has 2 N–H and O–H groups in total. The van der Waals surface area contributed by atoms with Gasteiger partial charge in [-0.3, -0.25) is 0 Å². The molecule has 1 rings (SSSR count). The first kappa shape index (κ1) is 13.0. The summed E-state index contributed by atoms with van der Waals surface area (Å²) in [7, 11) is 0. The maximum atomic E-state index is 3.70. The summed E-state index contributed by atoms with van der Waals surface area (Å²) in [5.41, 5.74) is 0.715. The third-order valence-electron chi connectivity index (χ3n) is 3.99. The first-order valence-corrected chi connectivity index (χ1v) is 6.21. The molecule has 0 amide bonds. The average Bonchev–Trinajstić information content (AvgIpc) is 2.42. The predicted octanol–water partition coefficient (Wildman–Crippen LogP) is 2.40. The van der Waals surface area contributed by atoms with Crippen LogP contribution in [0.15, 0.2) is 0 Å². The Morgan fingerprint density at radius 2 is 2.00 bits per heavy atom. The SMILES string of the molecule is CC(C)C(C)(C)CNC1CNC(C)(C)C1. The Hall–Kier alpha value is -0.0800. The van der Waals surface area contributed by atoms with E-state index in [2.05, 4.69) is 52.2 Å². The van der Waals surface area contributed by atoms with Crippen molar-refractivity contribution in [1.82, 2.24) is 10.6 Å². The molecule has 0 aromatic rings. The van der Waals surface area contributed by atoms with Crippen LogP contribution in [0.2, 0.25) is 0 Å². The second-order valence-corrected chi connectivity index (χ2v) is 6.69. The summed E-state index contributed by atoms with van der Waals surface area (Å²) in [5.74, 6) is 0.729. The smallest absolute Gasteiger partial charge is 0.0210 e. The molecule has 1 heterocycles.